The van der Waals surface area contributed by atoms with Crippen LogP contribution in [0.2, 0.25) is 0 Å². The van der Waals surface area contributed by atoms with Gasteiger partial charge in [-0.2, -0.15) is 0 Å². The second kappa shape index (κ2) is 6.71. The number of hydrogen-bond acceptors (Lipinski definition) is 2. The van der Waals surface area contributed by atoms with Gasteiger partial charge in [-0.1, -0.05) is 31.2 Å². The molecule has 0 aliphatic carbocycles. The molecule has 0 spiro atoms. The molecular weight excluding hydrogens is 236 g/mol. The van der Waals surface area contributed by atoms with Crippen LogP contribution in [-0.2, 0) is 4.79 Å². The first kappa shape index (κ1) is 15.7. The smallest absolute Gasteiger partial charge is 0.234 e. The molecule has 2 N–H and O–H groups in total. The first-order chi connectivity index (χ1) is 8.85. The summed E-state index contributed by atoms with van der Waals surface area (Å²) in [4.78, 5) is 11.9. The van der Waals surface area contributed by atoms with Gasteiger partial charge in [0.25, 0.3) is 0 Å². The van der Waals surface area contributed by atoms with Gasteiger partial charge in [0.2, 0.25) is 5.91 Å². The largest absolute Gasteiger partial charge is 0.350 e. The van der Waals surface area contributed by atoms with Gasteiger partial charge in [-0.05, 0) is 45.2 Å². The number of rotatable bonds is 6. The summed E-state index contributed by atoms with van der Waals surface area (Å²) in [6, 6.07) is 8.42. The summed E-state index contributed by atoms with van der Waals surface area (Å²) >= 11 is 0. The zero-order chi connectivity index (χ0) is 14.5. The molecular formula is C16H26N2O. The fourth-order valence-electron chi connectivity index (χ4n) is 1.94. The van der Waals surface area contributed by atoms with E-state index in [-0.39, 0.29) is 17.5 Å². The molecule has 1 rings (SSSR count). The SMILES string of the molecule is CCC(C)(C)NC(=O)CN[C@H](C)c1ccccc1C. The molecule has 0 fully saturated rings. The van der Waals surface area contributed by atoms with E-state index in [4.69, 9.17) is 0 Å². The van der Waals surface area contributed by atoms with Gasteiger partial charge in [-0.25, -0.2) is 0 Å². The molecule has 3 nitrogen and oxygen atoms in total. The first-order valence-corrected chi connectivity index (χ1v) is 6.95. The van der Waals surface area contributed by atoms with Crippen LogP contribution in [0.5, 0.6) is 0 Å². The Morgan fingerprint density at radius 2 is 1.95 bits per heavy atom. The van der Waals surface area contributed by atoms with Crippen molar-refractivity contribution in [2.75, 3.05) is 6.54 Å². The van der Waals surface area contributed by atoms with Crippen molar-refractivity contribution >= 4 is 5.91 Å². The summed E-state index contributed by atoms with van der Waals surface area (Å²) in [7, 11) is 0. The molecule has 0 heterocycles. The molecule has 0 aliphatic heterocycles. The number of amides is 1. The molecule has 1 aromatic rings. The normalized spacial score (nSPS) is 13.1. The Bertz CT molecular complexity index is 427. The third-order valence-electron chi connectivity index (χ3n) is 3.59. The molecule has 19 heavy (non-hydrogen) atoms. The molecule has 106 valence electrons. The third kappa shape index (κ3) is 5.03. The van der Waals surface area contributed by atoms with Crippen molar-refractivity contribution in [2.24, 2.45) is 0 Å². The maximum absolute atomic E-state index is 11.9. The van der Waals surface area contributed by atoms with E-state index in [1.54, 1.807) is 0 Å². The Balaban J connectivity index is 2.49. The Hall–Kier alpha value is -1.35. The molecule has 1 atom stereocenters. The topological polar surface area (TPSA) is 41.1 Å². The lowest BCUT2D eigenvalue weighted by Crippen LogP contribution is -2.46. The van der Waals surface area contributed by atoms with Gasteiger partial charge < -0.3 is 10.6 Å². The van der Waals surface area contributed by atoms with Crippen LogP contribution in [-0.4, -0.2) is 18.0 Å². The molecule has 0 bridgehead atoms. The van der Waals surface area contributed by atoms with Crippen LogP contribution in [0.4, 0.5) is 0 Å². The van der Waals surface area contributed by atoms with Crippen molar-refractivity contribution in [1.82, 2.24) is 10.6 Å². The standard InChI is InChI=1S/C16H26N2O/c1-6-16(4,5)18-15(19)11-17-13(3)14-10-8-7-9-12(14)2/h7-10,13,17H,6,11H2,1-5H3,(H,18,19)/t13-/m1/s1. The molecule has 0 aromatic heterocycles. The first-order valence-electron chi connectivity index (χ1n) is 6.95. The lowest BCUT2D eigenvalue weighted by Gasteiger charge is -2.25. The van der Waals surface area contributed by atoms with E-state index < -0.39 is 0 Å². The summed E-state index contributed by atoms with van der Waals surface area (Å²) in [6.45, 7) is 10.7. The molecule has 0 saturated carbocycles. The predicted molar refractivity (Wildman–Crippen MR) is 80.1 cm³/mol. The number of carbonyl (C=O) groups is 1. The van der Waals surface area contributed by atoms with Gasteiger partial charge in [0.15, 0.2) is 0 Å². The maximum Gasteiger partial charge on any atom is 0.234 e. The highest BCUT2D eigenvalue weighted by Crippen LogP contribution is 2.16. The highest BCUT2D eigenvalue weighted by atomic mass is 16.2. The Morgan fingerprint density at radius 3 is 2.53 bits per heavy atom. The van der Waals surface area contributed by atoms with Crippen molar-refractivity contribution in [1.29, 1.82) is 0 Å². The monoisotopic (exact) mass is 262 g/mol. The Kier molecular flexibility index (Phi) is 5.55. The molecule has 3 heteroatoms. The van der Waals surface area contributed by atoms with Crippen LogP contribution < -0.4 is 10.6 Å². The van der Waals surface area contributed by atoms with Crippen molar-refractivity contribution in [3.63, 3.8) is 0 Å². The van der Waals surface area contributed by atoms with Crippen LogP contribution in [0.3, 0.4) is 0 Å². The van der Waals surface area contributed by atoms with E-state index in [1.165, 1.54) is 11.1 Å². The summed E-state index contributed by atoms with van der Waals surface area (Å²) in [5.74, 6) is 0.0484. The van der Waals surface area contributed by atoms with E-state index in [9.17, 15) is 4.79 Å². The Labute approximate surface area is 116 Å². The van der Waals surface area contributed by atoms with Crippen LogP contribution in [0, 0.1) is 6.92 Å². The van der Waals surface area contributed by atoms with Crippen molar-refractivity contribution in [3.8, 4) is 0 Å². The van der Waals surface area contributed by atoms with E-state index >= 15 is 0 Å². The molecule has 1 aromatic carbocycles. The van der Waals surface area contributed by atoms with E-state index in [1.807, 2.05) is 26.0 Å². The van der Waals surface area contributed by atoms with E-state index in [0.29, 0.717) is 6.54 Å². The average Bonchev–Trinajstić information content (AvgIpc) is 2.36. The van der Waals surface area contributed by atoms with Crippen LogP contribution in [0.25, 0.3) is 0 Å². The average molecular weight is 262 g/mol. The minimum Gasteiger partial charge on any atom is -0.350 e. The minimum atomic E-state index is -0.134. The molecule has 0 radical (unpaired) electrons. The number of hydrogen-bond donors (Lipinski definition) is 2. The molecule has 1 amide bonds. The van der Waals surface area contributed by atoms with Gasteiger partial charge in [-0.15, -0.1) is 0 Å². The lowest BCUT2D eigenvalue weighted by molar-refractivity contribution is -0.122. The maximum atomic E-state index is 11.9. The molecule has 0 unspecified atom stereocenters. The second-order valence-corrected chi connectivity index (χ2v) is 5.74. The summed E-state index contributed by atoms with van der Waals surface area (Å²) in [5, 5.41) is 6.30. The van der Waals surface area contributed by atoms with Crippen molar-refractivity contribution in [2.45, 2.75) is 52.6 Å². The van der Waals surface area contributed by atoms with Crippen LogP contribution in [0.1, 0.15) is 51.3 Å². The Morgan fingerprint density at radius 1 is 1.32 bits per heavy atom. The zero-order valence-electron chi connectivity index (χ0n) is 12.7. The number of nitrogens with one attached hydrogen (secondary N) is 2. The highest BCUT2D eigenvalue weighted by molar-refractivity contribution is 5.78. The van der Waals surface area contributed by atoms with Gasteiger partial charge in [-0.3, -0.25) is 4.79 Å². The van der Waals surface area contributed by atoms with Crippen LogP contribution >= 0.6 is 0 Å². The minimum absolute atomic E-state index is 0.0484. The van der Waals surface area contributed by atoms with E-state index in [0.717, 1.165) is 6.42 Å². The summed E-state index contributed by atoms with van der Waals surface area (Å²) < 4.78 is 0. The van der Waals surface area contributed by atoms with Gasteiger partial charge in [0, 0.05) is 11.6 Å². The number of benzene rings is 1. The van der Waals surface area contributed by atoms with Crippen LogP contribution in [0.15, 0.2) is 24.3 Å². The molecule has 0 aliphatic rings. The van der Waals surface area contributed by atoms with Gasteiger partial charge in [0.1, 0.15) is 0 Å². The summed E-state index contributed by atoms with van der Waals surface area (Å²) in [6.07, 6.45) is 0.923. The van der Waals surface area contributed by atoms with Gasteiger partial charge in [0.05, 0.1) is 6.54 Å². The second-order valence-electron chi connectivity index (χ2n) is 5.74. The fraction of sp³-hybridized carbons (Fsp3) is 0.562. The predicted octanol–water partition coefficient (Wildman–Crippen LogP) is 2.95. The zero-order valence-corrected chi connectivity index (χ0v) is 12.7. The number of aryl methyl sites for hydroxylation is 1. The van der Waals surface area contributed by atoms with Crippen molar-refractivity contribution in [3.05, 3.63) is 35.4 Å². The van der Waals surface area contributed by atoms with Crippen molar-refractivity contribution < 1.29 is 4.79 Å². The molecule has 0 saturated heterocycles. The summed E-state index contributed by atoms with van der Waals surface area (Å²) in [5.41, 5.74) is 2.35. The highest BCUT2D eigenvalue weighted by Gasteiger charge is 2.18. The van der Waals surface area contributed by atoms with Gasteiger partial charge >= 0.3 is 0 Å². The third-order valence-corrected chi connectivity index (χ3v) is 3.59. The van der Waals surface area contributed by atoms with E-state index in [2.05, 4.69) is 43.5 Å². The number of carbonyl (C=O) groups excluding carboxylic acids is 1. The fourth-order valence-corrected chi connectivity index (χ4v) is 1.94. The quantitative estimate of drug-likeness (QED) is 0.827. The lowest BCUT2D eigenvalue weighted by atomic mass is 10.0.